The minimum Gasteiger partial charge on any atom is -0.462 e. The highest BCUT2D eigenvalue weighted by Gasteiger charge is 2.27. The Hall–Kier alpha value is -1.77. The minimum atomic E-state index is -4.40. The van der Waals surface area contributed by atoms with Crippen LogP contribution in [0.4, 0.5) is 0 Å². The molecule has 10 heteroatoms. The third-order valence-corrected chi connectivity index (χ3v) is 22.7. The van der Waals surface area contributed by atoms with E-state index in [1.54, 1.807) is 0 Å². The Balaban J connectivity index is 3.81. The Bertz CT molecular complexity index is 1850. The van der Waals surface area contributed by atoms with Gasteiger partial charge in [-0.2, -0.15) is 0 Å². The number of hydrogen-bond donors (Lipinski definition) is 1. The molecule has 104 heavy (non-hydrogen) atoms. The average Bonchev–Trinajstić information content (AvgIpc) is 0.920. The molecule has 9 nitrogen and oxygen atoms in total. The summed E-state index contributed by atoms with van der Waals surface area (Å²) in [6, 6.07) is 0. The van der Waals surface area contributed by atoms with E-state index in [1.165, 1.54) is 424 Å². The molecule has 0 saturated carbocycles. The third kappa shape index (κ3) is 89.1. The van der Waals surface area contributed by atoms with Crippen molar-refractivity contribution in [2.75, 3.05) is 47.5 Å². The third-order valence-electron chi connectivity index (χ3n) is 21.7. The number of allylic oxidation sites excluding steroid dienone is 6. The number of nitrogens with zero attached hydrogens (tertiary/aromatic N) is 1. The summed E-state index contributed by atoms with van der Waals surface area (Å²) in [5.74, 6) is -0.766. The average molecular weight is 1490 g/mol. The predicted molar refractivity (Wildman–Crippen MR) is 455 cm³/mol. The van der Waals surface area contributed by atoms with Crippen molar-refractivity contribution in [2.24, 2.45) is 0 Å². The lowest BCUT2D eigenvalue weighted by molar-refractivity contribution is -0.870. The summed E-state index contributed by atoms with van der Waals surface area (Å²) in [6.45, 7) is 4.52. The zero-order valence-electron chi connectivity index (χ0n) is 70.8. The van der Waals surface area contributed by atoms with Crippen molar-refractivity contribution < 1.29 is 42.1 Å². The van der Waals surface area contributed by atoms with Crippen molar-refractivity contribution in [2.45, 2.75) is 508 Å². The van der Waals surface area contributed by atoms with Crippen LogP contribution in [0.1, 0.15) is 502 Å². The van der Waals surface area contributed by atoms with Gasteiger partial charge >= 0.3 is 19.8 Å². The molecule has 0 radical (unpaired) electrons. The van der Waals surface area contributed by atoms with Gasteiger partial charge in [-0.15, -0.1) is 0 Å². The number of esters is 2. The summed E-state index contributed by atoms with van der Waals surface area (Å²) in [5.41, 5.74) is 0. The molecule has 0 aliphatic rings. The van der Waals surface area contributed by atoms with Gasteiger partial charge in [0, 0.05) is 12.8 Å². The van der Waals surface area contributed by atoms with Gasteiger partial charge in [-0.25, -0.2) is 4.57 Å². The molecule has 0 heterocycles. The second-order valence-electron chi connectivity index (χ2n) is 33.4. The van der Waals surface area contributed by atoms with Crippen molar-refractivity contribution >= 4 is 19.8 Å². The summed E-state index contributed by atoms with van der Waals surface area (Å²) in [5, 5.41) is 0. The van der Waals surface area contributed by atoms with Gasteiger partial charge < -0.3 is 18.9 Å². The molecular formula is C94H183NO8P+. The maximum Gasteiger partial charge on any atom is 0.472 e. The van der Waals surface area contributed by atoms with E-state index in [9.17, 15) is 19.0 Å². The molecule has 0 rings (SSSR count). The maximum atomic E-state index is 13.0. The van der Waals surface area contributed by atoms with Crippen LogP contribution in [0.15, 0.2) is 36.5 Å². The van der Waals surface area contributed by atoms with Crippen LogP contribution in [-0.2, 0) is 32.7 Å². The van der Waals surface area contributed by atoms with Crippen molar-refractivity contribution in [1.29, 1.82) is 0 Å². The van der Waals surface area contributed by atoms with E-state index < -0.39 is 26.5 Å². The number of phosphoric acid groups is 1. The molecule has 1 N–H and O–H groups in total. The zero-order chi connectivity index (χ0) is 75.4. The fraction of sp³-hybridized carbons (Fsp3) is 0.915. The summed E-state index contributed by atoms with van der Waals surface area (Å²) in [6.07, 6.45) is 114. The van der Waals surface area contributed by atoms with Gasteiger partial charge in [-0.1, -0.05) is 474 Å². The van der Waals surface area contributed by atoms with Gasteiger partial charge in [-0.05, 0) is 51.4 Å². The number of likely N-dealkylation sites (N-methyl/N-ethyl adjacent to an activating group) is 1. The number of ether oxygens (including phenoxy) is 2. The lowest BCUT2D eigenvalue weighted by atomic mass is 10.0. The number of phosphoric ester groups is 1. The number of hydrogen-bond acceptors (Lipinski definition) is 7. The van der Waals surface area contributed by atoms with E-state index in [-0.39, 0.29) is 25.6 Å². The van der Waals surface area contributed by atoms with Crippen molar-refractivity contribution in [1.82, 2.24) is 0 Å². The van der Waals surface area contributed by atoms with E-state index in [0.717, 1.165) is 51.4 Å². The van der Waals surface area contributed by atoms with Crippen molar-refractivity contribution in [3.8, 4) is 0 Å². The van der Waals surface area contributed by atoms with E-state index in [0.29, 0.717) is 17.4 Å². The van der Waals surface area contributed by atoms with Crippen LogP contribution in [-0.4, -0.2) is 74.9 Å². The minimum absolute atomic E-state index is 0.0362. The number of rotatable bonds is 89. The molecule has 2 unspecified atom stereocenters. The predicted octanol–water partition coefficient (Wildman–Crippen LogP) is 31.6. The normalized spacial score (nSPS) is 13.0. The number of unbranched alkanes of at least 4 members (excludes halogenated alkanes) is 69. The van der Waals surface area contributed by atoms with Crippen LogP contribution >= 0.6 is 7.82 Å². The van der Waals surface area contributed by atoms with Crippen LogP contribution in [0, 0.1) is 0 Å². The number of carbonyl (C=O) groups is 2. The molecule has 0 aliphatic carbocycles. The highest BCUT2D eigenvalue weighted by Crippen LogP contribution is 2.43. The molecule has 0 spiro atoms. The smallest absolute Gasteiger partial charge is 0.462 e. The van der Waals surface area contributed by atoms with Crippen LogP contribution in [0.25, 0.3) is 0 Å². The Labute approximate surface area is 650 Å². The molecule has 616 valence electrons. The maximum absolute atomic E-state index is 13.0. The lowest BCUT2D eigenvalue weighted by Crippen LogP contribution is -2.37. The molecule has 0 aromatic rings. The Morgan fingerprint density at radius 2 is 0.519 bits per heavy atom. The first kappa shape index (κ1) is 102. The second-order valence-corrected chi connectivity index (χ2v) is 34.9. The molecule has 0 saturated heterocycles. The lowest BCUT2D eigenvalue weighted by Gasteiger charge is -2.24. The highest BCUT2D eigenvalue weighted by molar-refractivity contribution is 7.47. The van der Waals surface area contributed by atoms with Crippen molar-refractivity contribution in [3.63, 3.8) is 0 Å². The van der Waals surface area contributed by atoms with Gasteiger partial charge in [-0.3, -0.25) is 18.6 Å². The van der Waals surface area contributed by atoms with E-state index in [2.05, 4.69) is 50.3 Å². The number of quaternary nitrogens is 1. The molecular weight excluding hydrogens is 1300 g/mol. The van der Waals surface area contributed by atoms with E-state index in [1.807, 2.05) is 21.1 Å². The van der Waals surface area contributed by atoms with E-state index >= 15 is 0 Å². The molecule has 2 atom stereocenters. The van der Waals surface area contributed by atoms with Crippen LogP contribution in [0.2, 0.25) is 0 Å². The quantitative estimate of drug-likeness (QED) is 0.0211. The molecule has 0 bridgehead atoms. The first-order valence-corrected chi connectivity index (χ1v) is 48.2. The summed E-state index contributed by atoms with van der Waals surface area (Å²) < 4.78 is 34.9. The van der Waals surface area contributed by atoms with Crippen LogP contribution in [0.3, 0.4) is 0 Å². The second kappa shape index (κ2) is 85.2. The largest absolute Gasteiger partial charge is 0.472 e. The van der Waals surface area contributed by atoms with Crippen LogP contribution in [0.5, 0.6) is 0 Å². The summed E-state index contributed by atoms with van der Waals surface area (Å²) >= 11 is 0. The van der Waals surface area contributed by atoms with Gasteiger partial charge in [0.1, 0.15) is 19.8 Å². The van der Waals surface area contributed by atoms with Gasteiger partial charge in [0.05, 0.1) is 27.7 Å². The van der Waals surface area contributed by atoms with E-state index in [4.69, 9.17) is 18.5 Å². The Morgan fingerprint density at radius 3 is 0.769 bits per heavy atom. The summed E-state index contributed by atoms with van der Waals surface area (Å²) in [4.78, 5) is 36.1. The van der Waals surface area contributed by atoms with Gasteiger partial charge in [0.2, 0.25) is 0 Å². The molecule has 0 fully saturated rings. The van der Waals surface area contributed by atoms with Crippen LogP contribution < -0.4 is 0 Å². The fourth-order valence-corrected chi connectivity index (χ4v) is 15.3. The van der Waals surface area contributed by atoms with Crippen molar-refractivity contribution in [3.05, 3.63) is 36.5 Å². The monoisotopic (exact) mass is 1490 g/mol. The Morgan fingerprint density at radius 1 is 0.298 bits per heavy atom. The topological polar surface area (TPSA) is 108 Å². The molecule has 0 amide bonds. The zero-order valence-corrected chi connectivity index (χ0v) is 71.7. The summed E-state index contributed by atoms with van der Waals surface area (Å²) in [7, 11) is 1.51. The Kier molecular flexibility index (Phi) is 83.8. The SMILES string of the molecule is CCCCCCC/C=C\C/C=C\C/C=C\CCCCCCCCCCCCCCCCCCCCCCCCCCCCC(=O)OC(COC(=O)CCCCCCCCCCCCCCCCCCCCCCCCCCCCCCCCCCCCCCCCC)COP(=O)(O)OCC[N+](C)(C)C. The van der Waals surface area contributed by atoms with Gasteiger partial charge in [0.15, 0.2) is 6.10 Å². The molecule has 0 aliphatic heterocycles. The molecule has 0 aromatic heterocycles. The first-order valence-electron chi connectivity index (χ1n) is 46.7. The highest BCUT2D eigenvalue weighted by atomic mass is 31.2. The molecule has 0 aromatic carbocycles. The number of carbonyl (C=O) groups excluding carboxylic acids is 2. The standard InChI is InChI=1S/C94H182NO8P/c1-6-8-10-12-14-16-18-20-22-24-26-28-30-32-34-36-38-40-42-44-46-47-49-51-53-55-57-59-61-63-65-67-69-71-73-75-77-79-81-83-85-87-94(97)103-92(91-102-104(98,99)101-89-88-95(3,4)5)90-100-93(96)86-84-82-80-78-76-74-72-70-68-66-64-62-60-58-56-54-52-50-48-45-43-41-39-37-35-33-31-29-27-25-23-21-19-17-15-13-11-9-7-2/h18,20,24,26,30,32,92H,6-17,19,21-23,25,27-29,31,33-91H2,1-5H3/p+1/b20-18-,26-24-,32-30-. The van der Waals surface area contributed by atoms with Gasteiger partial charge in [0.25, 0.3) is 0 Å². The fourth-order valence-electron chi connectivity index (χ4n) is 14.6. The first-order chi connectivity index (χ1) is 51.0.